The van der Waals surface area contributed by atoms with Crippen LogP contribution in [0.5, 0.6) is 5.75 Å². The van der Waals surface area contributed by atoms with Gasteiger partial charge in [0, 0.05) is 11.6 Å². The number of hydrogen-bond donors (Lipinski definition) is 1. The molecule has 0 aliphatic heterocycles. The number of ether oxygens (including phenoxy) is 1. The summed E-state index contributed by atoms with van der Waals surface area (Å²) in [5.74, 6) is -0.140. The molecule has 28 heavy (non-hydrogen) atoms. The lowest BCUT2D eigenvalue weighted by Gasteiger charge is -2.23. The SMILES string of the molecule is CCN(CC(=O)N[C@@H](C)c1ccc(Cl)cc1)S(=O)(=O)c1cc(C)ccc1OC. The van der Waals surface area contributed by atoms with Gasteiger partial charge in [0.2, 0.25) is 15.9 Å². The lowest BCUT2D eigenvalue weighted by Crippen LogP contribution is -2.41. The summed E-state index contributed by atoms with van der Waals surface area (Å²) in [6.07, 6.45) is 0. The van der Waals surface area contributed by atoms with Gasteiger partial charge in [-0.2, -0.15) is 4.31 Å². The minimum atomic E-state index is -3.89. The molecule has 0 bridgehead atoms. The molecule has 8 heteroatoms. The normalized spacial score (nSPS) is 12.6. The maximum absolute atomic E-state index is 13.1. The summed E-state index contributed by atoms with van der Waals surface area (Å²) in [5, 5.41) is 3.43. The Labute approximate surface area is 171 Å². The van der Waals surface area contributed by atoms with E-state index in [1.807, 2.05) is 19.1 Å². The molecule has 6 nitrogen and oxygen atoms in total. The minimum absolute atomic E-state index is 0.0513. The van der Waals surface area contributed by atoms with Crippen molar-refractivity contribution in [1.82, 2.24) is 9.62 Å². The van der Waals surface area contributed by atoms with Crippen LogP contribution in [-0.4, -0.2) is 38.8 Å². The zero-order valence-electron chi connectivity index (χ0n) is 16.4. The van der Waals surface area contributed by atoms with Crippen LogP contribution in [0.2, 0.25) is 5.02 Å². The monoisotopic (exact) mass is 424 g/mol. The molecule has 1 amide bonds. The summed E-state index contributed by atoms with van der Waals surface area (Å²) in [6.45, 7) is 5.19. The highest BCUT2D eigenvalue weighted by Gasteiger charge is 2.28. The molecule has 0 unspecified atom stereocenters. The van der Waals surface area contributed by atoms with Gasteiger partial charge in [-0.05, 0) is 49.2 Å². The quantitative estimate of drug-likeness (QED) is 0.703. The van der Waals surface area contributed by atoms with E-state index in [1.54, 1.807) is 44.2 Å². The number of aryl methyl sites for hydroxylation is 1. The standard InChI is InChI=1S/C20H25ClN2O4S/c1-5-23(28(25,26)19-12-14(2)6-11-18(19)27-4)13-20(24)22-15(3)16-7-9-17(21)10-8-16/h6-12,15H,5,13H2,1-4H3,(H,22,24)/t15-/m0/s1. The number of halogens is 1. The van der Waals surface area contributed by atoms with E-state index in [-0.39, 0.29) is 35.7 Å². The van der Waals surface area contributed by atoms with Gasteiger partial charge in [0.05, 0.1) is 19.7 Å². The Morgan fingerprint density at radius 2 is 1.86 bits per heavy atom. The molecule has 0 aliphatic rings. The first-order valence-corrected chi connectivity index (χ1v) is 10.7. The van der Waals surface area contributed by atoms with Crippen molar-refractivity contribution in [3.8, 4) is 5.75 Å². The molecule has 1 atom stereocenters. The fourth-order valence-corrected chi connectivity index (χ4v) is 4.55. The first kappa shape index (κ1) is 22.2. The molecule has 0 saturated heterocycles. The Hall–Kier alpha value is -2.09. The lowest BCUT2D eigenvalue weighted by atomic mass is 10.1. The molecule has 1 N–H and O–H groups in total. The molecule has 152 valence electrons. The van der Waals surface area contributed by atoms with E-state index < -0.39 is 10.0 Å². The largest absolute Gasteiger partial charge is 0.495 e. The van der Waals surface area contributed by atoms with Crippen LogP contribution in [0.15, 0.2) is 47.4 Å². The van der Waals surface area contributed by atoms with Gasteiger partial charge in [0.25, 0.3) is 0 Å². The molecule has 0 radical (unpaired) electrons. The van der Waals surface area contributed by atoms with Crippen LogP contribution >= 0.6 is 11.6 Å². The first-order valence-electron chi connectivity index (χ1n) is 8.88. The van der Waals surface area contributed by atoms with Crippen molar-refractivity contribution in [2.75, 3.05) is 20.2 Å². The van der Waals surface area contributed by atoms with Gasteiger partial charge in [0.1, 0.15) is 10.6 Å². The molecule has 0 aromatic heterocycles. The highest BCUT2D eigenvalue weighted by atomic mass is 35.5. The average molecular weight is 425 g/mol. The summed E-state index contributed by atoms with van der Waals surface area (Å²) < 4.78 is 32.5. The summed E-state index contributed by atoms with van der Waals surface area (Å²) in [5.41, 5.74) is 1.67. The fraction of sp³-hybridized carbons (Fsp3) is 0.350. The average Bonchev–Trinajstić information content (AvgIpc) is 2.66. The van der Waals surface area contributed by atoms with Crippen molar-refractivity contribution in [3.63, 3.8) is 0 Å². The van der Waals surface area contributed by atoms with Gasteiger partial charge >= 0.3 is 0 Å². The fourth-order valence-electron chi connectivity index (χ4n) is 2.77. The Balaban J connectivity index is 2.17. The zero-order valence-corrected chi connectivity index (χ0v) is 18.0. The van der Waals surface area contributed by atoms with Crippen molar-refractivity contribution < 1.29 is 17.9 Å². The van der Waals surface area contributed by atoms with E-state index in [4.69, 9.17) is 16.3 Å². The number of rotatable bonds is 8. The van der Waals surface area contributed by atoms with Crippen LogP contribution in [0.25, 0.3) is 0 Å². The maximum Gasteiger partial charge on any atom is 0.247 e. The molecule has 0 saturated carbocycles. The molecule has 2 aromatic rings. The highest BCUT2D eigenvalue weighted by molar-refractivity contribution is 7.89. The second-order valence-corrected chi connectivity index (χ2v) is 8.77. The third-order valence-corrected chi connectivity index (χ3v) is 6.55. The number of likely N-dealkylation sites (N-methyl/N-ethyl adjacent to an activating group) is 1. The van der Waals surface area contributed by atoms with E-state index in [0.29, 0.717) is 5.02 Å². The predicted octanol–water partition coefficient (Wildman–Crippen LogP) is 3.55. The van der Waals surface area contributed by atoms with Gasteiger partial charge in [-0.25, -0.2) is 8.42 Å². The number of benzene rings is 2. The number of carbonyl (C=O) groups excluding carboxylic acids is 1. The van der Waals surface area contributed by atoms with Crippen LogP contribution < -0.4 is 10.1 Å². The molecule has 2 rings (SSSR count). The third kappa shape index (κ3) is 5.25. The lowest BCUT2D eigenvalue weighted by molar-refractivity contribution is -0.121. The van der Waals surface area contributed by atoms with Crippen LogP contribution in [0, 0.1) is 6.92 Å². The topological polar surface area (TPSA) is 75.7 Å². The summed E-state index contributed by atoms with van der Waals surface area (Å²) in [7, 11) is -2.47. The number of nitrogens with zero attached hydrogens (tertiary/aromatic N) is 1. The summed E-state index contributed by atoms with van der Waals surface area (Å²) >= 11 is 5.88. The van der Waals surface area contributed by atoms with Crippen molar-refractivity contribution in [1.29, 1.82) is 0 Å². The number of sulfonamides is 1. The molecule has 0 spiro atoms. The number of hydrogen-bond acceptors (Lipinski definition) is 4. The Morgan fingerprint density at radius 1 is 1.21 bits per heavy atom. The number of carbonyl (C=O) groups is 1. The van der Waals surface area contributed by atoms with Crippen LogP contribution in [0.4, 0.5) is 0 Å². The zero-order chi connectivity index (χ0) is 20.9. The molecule has 2 aromatic carbocycles. The van der Waals surface area contributed by atoms with Crippen molar-refractivity contribution in [2.24, 2.45) is 0 Å². The smallest absolute Gasteiger partial charge is 0.247 e. The second kappa shape index (κ2) is 9.41. The van der Waals surface area contributed by atoms with E-state index >= 15 is 0 Å². The van der Waals surface area contributed by atoms with Crippen LogP contribution in [0.1, 0.15) is 31.0 Å². The number of nitrogens with one attached hydrogen (secondary N) is 1. The van der Waals surface area contributed by atoms with Gasteiger partial charge in [0.15, 0.2) is 0 Å². The van der Waals surface area contributed by atoms with E-state index in [0.717, 1.165) is 15.4 Å². The van der Waals surface area contributed by atoms with Crippen LogP contribution in [-0.2, 0) is 14.8 Å². The molecular weight excluding hydrogens is 400 g/mol. The van der Waals surface area contributed by atoms with E-state index in [2.05, 4.69) is 5.32 Å². The van der Waals surface area contributed by atoms with Gasteiger partial charge in [-0.1, -0.05) is 36.7 Å². The Bertz CT molecular complexity index is 930. The highest BCUT2D eigenvalue weighted by Crippen LogP contribution is 2.27. The third-order valence-electron chi connectivity index (χ3n) is 4.36. The van der Waals surface area contributed by atoms with Crippen molar-refractivity contribution >= 4 is 27.5 Å². The van der Waals surface area contributed by atoms with Crippen molar-refractivity contribution in [2.45, 2.75) is 31.7 Å². The second-order valence-electron chi connectivity index (χ2n) is 6.43. The number of amides is 1. The molecule has 0 fully saturated rings. The van der Waals surface area contributed by atoms with Crippen molar-refractivity contribution in [3.05, 3.63) is 58.6 Å². The van der Waals surface area contributed by atoms with Crippen LogP contribution in [0.3, 0.4) is 0 Å². The maximum atomic E-state index is 13.1. The number of methoxy groups -OCH3 is 1. The summed E-state index contributed by atoms with van der Waals surface area (Å²) in [4.78, 5) is 12.5. The summed E-state index contributed by atoms with van der Waals surface area (Å²) in [6, 6.07) is 11.8. The molecule has 0 aliphatic carbocycles. The Kier molecular flexibility index (Phi) is 7.46. The van der Waals surface area contributed by atoms with E-state index in [1.165, 1.54) is 7.11 Å². The van der Waals surface area contributed by atoms with Gasteiger partial charge < -0.3 is 10.1 Å². The Morgan fingerprint density at radius 3 is 2.43 bits per heavy atom. The van der Waals surface area contributed by atoms with Gasteiger partial charge in [-0.15, -0.1) is 0 Å². The minimum Gasteiger partial charge on any atom is -0.495 e. The first-order chi connectivity index (χ1) is 13.2. The molecule has 0 heterocycles. The van der Waals surface area contributed by atoms with E-state index in [9.17, 15) is 13.2 Å². The molecular formula is C20H25ClN2O4S. The predicted molar refractivity (Wildman–Crippen MR) is 110 cm³/mol. The van der Waals surface area contributed by atoms with Gasteiger partial charge in [-0.3, -0.25) is 4.79 Å².